The van der Waals surface area contributed by atoms with Crippen LogP contribution in [0.15, 0.2) is 0 Å². The van der Waals surface area contributed by atoms with Crippen molar-refractivity contribution in [2.45, 2.75) is 70.9 Å². The molecule has 100 valence electrons. The van der Waals surface area contributed by atoms with Crippen molar-refractivity contribution in [1.82, 2.24) is 5.32 Å². The third-order valence-corrected chi connectivity index (χ3v) is 4.85. The van der Waals surface area contributed by atoms with E-state index in [1.54, 1.807) is 0 Å². The van der Waals surface area contributed by atoms with Crippen molar-refractivity contribution in [1.29, 1.82) is 0 Å². The summed E-state index contributed by atoms with van der Waals surface area (Å²) in [5.74, 6) is 1.63. The first-order chi connectivity index (χ1) is 8.16. The Bertz CT molecular complexity index is 243. The Hall–Kier alpha value is -0.0800. The molecule has 2 rings (SSSR count). The second kappa shape index (κ2) is 5.71. The molecule has 2 aliphatic rings. The molecule has 1 saturated heterocycles. The first-order valence-corrected chi connectivity index (χ1v) is 7.53. The van der Waals surface area contributed by atoms with Gasteiger partial charge in [-0.25, -0.2) is 0 Å². The van der Waals surface area contributed by atoms with E-state index in [2.05, 4.69) is 26.1 Å². The van der Waals surface area contributed by atoms with Gasteiger partial charge in [0.1, 0.15) is 0 Å². The van der Waals surface area contributed by atoms with Crippen molar-refractivity contribution in [3.8, 4) is 0 Å². The van der Waals surface area contributed by atoms with Crippen LogP contribution in [0.25, 0.3) is 0 Å². The van der Waals surface area contributed by atoms with Crippen LogP contribution in [0.1, 0.15) is 59.3 Å². The van der Waals surface area contributed by atoms with Crippen LogP contribution in [0.3, 0.4) is 0 Å². The third-order valence-electron chi connectivity index (χ3n) is 4.85. The minimum atomic E-state index is 0.205. The minimum Gasteiger partial charge on any atom is -0.375 e. The quantitative estimate of drug-likeness (QED) is 0.815. The van der Waals surface area contributed by atoms with Crippen molar-refractivity contribution in [3.63, 3.8) is 0 Å². The second-order valence-electron chi connectivity index (χ2n) is 6.34. The van der Waals surface area contributed by atoms with E-state index < -0.39 is 0 Å². The van der Waals surface area contributed by atoms with Gasteiger partial charge in [-0.15, -0.1) is 0 Å². The Morgan fingerprint density at radius 3 is 2.82 bits per heavy atom. The van der Waals surface area contributed by atoms with Gasteiger partial charge >= 0.3 is 0 Å². The monoisotopic (exact) mass is 239 g/mol. The van der Waals surface area contributed by atoms with Gasteiger partial charge in [0.25, 0.3) is 0 Å². The van der Waals surface area contributed by atoms with Crippen LogP contribution in [0, 0.1) is 11.8 Å². The van der Waals surface area contributed by atoms with Gasteiger partial charge < -0.3 is 10.1 Å². The molecule has 4 atom stereocenters. The molecule has 1 spiro atoms. The average molecular weight is 239 g/mol. The first kappa shape index (κ1) is 13.4. The Morgan fingerprint density at radius 2 is 2.12 bits per heavy atom. The molecule has 17 heavy (non-hydrogen) atoms. The second-order valence-corrected chi connectivity index (χ2v) is 6.34. The van der Waals surface area contributed by atoms with Gasteiger partial charge in [0.2, 0.25) is 0 Å². The van der Waals surface area contributed by atoms with Crippen LogP contribution < -0.4 is 5.32 Å². The fourth-order valence-electron chi connectivity index (χ4n) is 3.70. The van der Waals surface area contributed by atoms with Crippen molar-refractivity contribution >= 4 is 0 Å². The van der Waals surface area contributed by atoms with Crippen molar-refractivity contribution < 1.29 is 4.74 Å². The summed E-state index contributed by atoms with van der Waals surface area (Å²) < 4.78 is 6.24. The average Bonchev–Trinajstić information content (AvgIpc) is 2.33. The predicted molar refractivity (Wildman–Crippen MR) is 72.2 cm³/mol. The minimum absolute atomic E-state index is 0.205. The fraction of sp³-hybridized carbons (Fsp3) is 1.00. The van der Waals surface area contributed by atoms with E-state index in [0.29, 0.717) is 6.04 Å². The van der Waals surface area contributed by atoms with E-state index in [4.69, 9.17) is 4.74 Å². The van der Waals surface area contributed by atoms with Crippen LogP contribution in [0.4, 0.5) is 0 Å². The molecule has 4 unspecified atom stereocenters. The molecule has 2 fully saturated rings. The summed E-state index contributed by atoms with van der Waals surface area (Å²) in [6, 6.07) is 0.694. The normalized spacial score (nSPS) is 42.9. The zero-order valence-corrected chi connectivity index (χ0v) is 11.8. The number of hydrogen-bond acceptors (Lipinski definition) is 2. The number of ether oxygens (including phenoxy) is 1. The molecular weight excluding hydrogens is 210 g/mol. The molecule has 0 amide bonds. The lowest BCUT2D eigenvalue weighted by Gasteiger charge is -2.49. The number of nitrogens with one attached hydrogen (secondary N) is 1. The van der Waals surface area contributed by atoms with E-state index >= 15 is 0 Å². The fourth-order valence-corrected chi connectivity index (χ4v) is 3.70. The zero-order valence-electron chi connectivity index (χ0n) is 11.8. The van der Waals surface area contributed by atoms with E-state index in [1.165, 1.54) is 38.5 Å². The van der Waals surface area contributed by atoms with E-state index in [9.17, 15) is 0 Å². The molecule has 2 nitrogen and oxygen atoms in total. The van der Waals surface area contributed by atoms with Gasteiger partial charge in [-0.3, -0.25) is 0 Å². The molecule has 1 N–H and O–H groups in total. The molecule has 1 heterocycles. The molecule has 1 aliphatic heterocycles. The lowest BCUT2D eigenvalue weighted by molar-refractivity contribution is -0.144. The molecule has 0 aromatic rings. The Balaban J connectivity index is 1.94. The highest BCUT2D eigenvalue weighted by atomic mass is 16.5. The van der Waals surface area contributed by atoms with Crippen LogP contribution >= 0.6 is 0 Å². The SMILES string of the molecule is CCCNC1CCOC2(CCC(C)CC2C)C1. The smallest absolute Gasteiger partial charge is 0.0722 e. The summed E-state index contributed by atoms with van der Waals surface area (Å²) in [5.41, 5.74) is 0.205. The molecular formula is C15H29NO. The lowest BCUT2D eigenvalue weighted by Crippen LogP contribution is -2.52. The van der Waals surface area contributed by atoms with Crippen molar-refractivity contribution in [2.75, 3.05) is 13.2 Å². The van der Waals surface area contributed by atoms with Gasteiger partial charge in [0.15, 0.2) is 0 Å². The molecule has 1 aliphatic carbocycles. The molecule has 1 saturated carbocycles. The molecule has 0 aromatic heterocycles. The maximum Gasteiger partial charge on any atom is 0.0722 e. The summed E-state index contributed by atoms with van der Waals surface area (Å²) in [6.07, 6.45) is 7.65. The highest BCUT2D eigenvalue weighted by Gasteiger charge is 2.44. The molecule has 2 heteroatoms. The van der Waals surface area contributed by atoms with E-state index in [-0.39, 0.29) is 5.60 Å². The summed E-state index contributed by atoms with van der Waals surface area (Å²) in [6.45, 7) is 9.15. The summed E-state index contributed by atoms with van der Waals surface area (Å²) in [4.78, 5) is 0. The van der Waals surface area contributed by atoms with E-state index in [0.717, 1.165) is 25.0 Å². The zero-order chi connectivity index (χ0) is 12.3. The molecule has 0 aromatic carbocycles. The Kier molecular flexibility index (Phi) is 4.48. The standard InChI is InChI=1S/C15H29NO/c1-4-8-16-14-6-9-17-15(11-14)7-5-12(2)10-13(15)3/h12-14,16H,4-11H2,1-3H3. The van der Waals surface area contributed by atoms with Gasteiger partial charge in [0.05, 0.1) is 5.60 Å². The Labute approximate surface area is 107 Å². The predicted octanol–water partition coefficient (Wildman–Crippen LogP) is 3.36. The first-order valence-electron chi connectivity index (χ1n) is 7.53. The highest BCUT2D eigenvalue weighted by Crippen LogP contribution is 2.44. The van der Waals surface area contributed by atoms with Gasteiger partial charge in [-0.1, -0.05) is 20.8 Å². The summed E-state index contributed by atoms with van der Waals surface area (Å²) in [7, 11) is 0. The van der Waals surface area contributed by atoms with Gasteiger partial charge in [-0.2, -0.15) is 0 Å². The number of hydrogen-bond donors (Lipinski definition) is 1. The highest BCUT2D eigenvalue weighted by molar-refractivity contribution is 4.96. The third kappa shape index (κ3) is 3.03. The maximum atomic E-state index is 6.24. The van der Waals surface area contributed by atoms with E-state index in [1.807, 2.05) is 0 Å². The van der Waals surface area contributed by atoms with Crippen LogP contribution in [0.2, 0.25) is 0 Å². The largest absolute Gasteiger partial charge is 0.375 e. The maximum absolute atomic E-state index is 6.24. The van der Waals surface area contributed by atoms with Crippen LogP contribution in [0.5, 0.6) is 0 Å². The number of rotatable bonds is 3. The Morgan fingerprint density at radius 1 is 1.29 bits per heavy atom. The molecule has 0 radical (unpaired) electrons. The lowest BCUT2D eigenvalue weighted by atomic mass is 9.68. The van der Waals surface area contributed by atoms with Crippen LogP contribution in [-0.2, 0) is 4.74 Å². The van der Waals surface area contributed by atoms with Gasteiger partial charge in [-0.05, 0) is 56.9 Å². The summed E-state index contributed by atoms with van der Waals surface area (Å²) in [5, 5.41) is 3.69. The summed E-state index contributed by atoms with van der Waals surface area (Å²) >= 11 is 0. The van der Waals surface area contributed by atoms with Crippen LogP contribution in [-0.4, -0.2) is 24.8 Å². The van der Waals surface area contributed by atoms with Crippen molar-refractivity contribution in [3.05, 3.63) is 0 Å². The van der Waals surface area contributed by atoms with Gasteiger partial charge in [0, 0.05) is 12.6 Å². The molecule has 0 bridgehead atoms. The topological polar surface area (TPSA) is 21.3 Å². The van der Waals surface area contributed by atoms with Crippen molar-refractivity contribution in [2.24, 2.45) is 11.8 Å².